The molecule has 2 fully saturated rings. The first kappa shape index (κ1) is 21.7. The van der Waals surface area contributed by atoms with E-state index in [1.807, 2.05) is 0 Å². The molecule has 2 aliphatic rings. The molecule has 25 heavy (non-hydrogen) atoms. The lowest BCUT2D eigenvalue weighted by molar-refractivity contribution is 0.205. The van der Waals surface area contributed by atoms with Crippen molar-refractivity contribution in [1.82, 2.24) is 9.13 Å². The van der Waals surface area contributed by atoms with E-state index >= 15 is 0 Å². The van der Waals surface area contributed by atoms with E-state index in [1.165, 1.54) is 77.0 Å². The number of nitrogens with zero attached hydrogens (tertiary/aromatic N) is 2. The van der Waals surface area contributed by atoms with Crippen molar-refractivity contribution in [3.05, 3.63) is 0 Å². The molecule has 0 aromatic carbocycles. The number of hydrogen-bond donors (Lipinski definition) is 0. The molecule has 2 atom stereocenters. The average molecular weight is 383 g/mol. The maximum Gasteiger partial charge on any atom is 0.0938 e. The Balaban J connectivity index is 1.88. The van der Waals surface area contributed by atoms with E-state index in [-0.39, 0.29) is 19.4 Å². The molecule has 2 aliphatic carbocycles. The van der Waals surface area contributed by atoms with Crippen LogP contribution in [-0.2, 0) is 0 Å². The van der Waals surface area contributed by atoms with Crippen molar-refractivity contribution >= 4 is 19.4 Å². The largest absolute Gasteiger partial charge is 0.324 e. The molecule has 2 unspecified atom stereocenters. The Kier molecular flexibility index (Phi) is 10.3. The Morgan fingerprint density at radius 2 is 1.04 bits per heavy atom. The van der Waals surface area contributed by atoms with Crippen LogP contribution in [0.3, 0.4) is 0 Å². The van der Waals surface area contributed by atoms with E-state index in [0.29, 0.717) is 0 Å². The zero-order chi connectivity index (χ0) is 18.1. The van der Waals surface area contributed by atoms with Crippen LogP contribution in [0.25, 0.3) is 0 Å². The Bertz CT molecular complexity index is 309. The fraction of sp³-hybridized carbons (Fsp3) is 1.00. The summed E-state index contributed by atoms with van der Waals surface area (Å²) in [6, 6.07) is 3.60. The molecular weight excluding hydrogens is 336 g/mol. The predicted molar refractivity (Wildman–Crippen MR) is 119 cm³/mol. The highest BCUT2D eigenvalue weighted by Crippen LogP contribution is 2.26. The van der Waals surface area contributed by atoms with E-state index in [4.69, 9.17) is 0 Å². The standard InChI is InChI=1S/C21H46N2Si2/c1-5-18(3)22(20-13-9-7-10-14-20)24-17-25-23(19(4)6-2)21-15-11-8-12-16-21/h18-21H,5-17,24-25H2,1-4H3. The van der Waals surface area contributed by atoms with Crippen molar-refractivity contribution in [2.75, 3.05) is 0 Å². The molecule has 0 aromatic heterocycles. The maximum atomic E-state index is 3.06. The minimum Gasteiger partial charge on any atom is -0.324 e. The van der Waals surface area contributed by atoms with Gasteiger partial charge in [0.1, 0.15) is 0 Å². The average Bonchev–Trinajstić information content (AvgIpc) is 2.68. The summed E-state index contributed by atoms with van der Waals surface area (Å²) in [5, 5.41) is 0. The van der Waals surface area contributed by atoms with Gasteiger partial charge in [-0.2, -0.15) is 0 Å². The van der Waals surface area contributed by atoms with Crippen molar-refractivity contribution < 1.29 is 0 Å². The number of hydrogen-bond acceptors (Lipinski definition) is 2. The van der Waals surface area contributed by atoms with Crippen LogP contribution >= 0.6 is 0 Å². The van der Waals surface area contributed by atoms with Crippen molar-refractivity contribution in [3.63, 3.8) is 0 Å². The van der Waals surface area contributed by atoms with Gasteiger partial charge in [-0.1, -0.05) is 66.2 Å². The lowest BCUT2D eigenvalue weighted by Crippen LogP contribution is -2.49. The maximum absolute atomic E-state index is 3.06. The van der Waals surface area contributed by atoms with Gasteiger partial charge in [0.15, 0.2) is 0 Å². The van der Waals surface area contributed by atoms with Crippen LogP contribution in [-0.4, -0.2) is 52.7 Å². The van der Waals surface area contributed by atoms with Gasteiger partial charge in [-0.3, -0.25) is 0 Å². The Morgan fingerprint density at radius 3 is 1.36 bits per heavy atom. The van der Waals surface area contributed by atoms with E-state index in [9.17, 15) is 0 Å². The van der Waals surface area contributed by atoms with E-state index < -0.39 is 0 Å². The topological polar surface area (TPSA) is 6.48 Å². The minimum absolute atomic E-state index is 0.0426. The van der Waals surface area contributed by atoms with Gasteiger partial charge >= 0.3 is 0 Å². The van der Waals surface area contributed by atoms with E-state index in [1.54, 1.807) is 5.67 Å². The van der Waals surface area contributed by atoms with Crippen molar-refractivity contribution in [1.29, 1.82) is 0 Å². The van der Waals surface area contributed by atoms with Crippen LogP contribution < -0.4 is 0 Å². The van der Waals surface area contributed by atoms with Crippen LogP contribution in [0, 0.1) is 0 Å². The molecule has 0 aromatic rings. The first-order chi connectivity index (χ1) is 12.2. The normalized spacial score (nSPS) is 24.2. The summed E-state index contributed by atoms with van der Waals surface area (Å²) in [4.78, 5) is 0. The second-order valence-electron chi connectivity index (χ2n) is 8.93. The van der Waals surface area contributed by atoms with Crippen LogP contribution in [0.5, 0.6) is 0 Å². The summed E-state index contributed by atoms with van der Waals surface area (Å²) in [7, 11) is -0.0852. The third kappa shape index (κ3) is 6.78. The molecule has 0 spiro atoms. The molecule has 0 amide bonds. The van der Waals surface area contributed by atoms with Crippen LogP contribution in [0.2, 0.25) is 5.67 Å². The second kappa shape index (κ2) is 11.9. The summed E-state index contributed by atoms with van der Waals surface area (Å²) in [6.07, 6.45) is 17.6. The smallest absolute Gasteiger partial charge is 0.0938 e. The molecule has 0 bridgehead atoms. The van der Waals surface area contributed by atoms with E-state index in [2.05, 4.69) is 36.8 Å². The fourth-order valence-corrected chi connectivity index (χ4v) is 11.6. The summed E-state index contributed by atoms with van der Waals surface area (Å²) in [5.41, 5.74) is 1.64. The van der Waals surface area contributed by atoms with Crippen LogP contribution in [0.1, 0.15) is 105 Å². The summed E-state index contributed by atoms with van der Waals surface area (Å²) in [6.45, 7) is 9.83. The van der Waals surface area contributed by atoms with Crippen molar-refractivity contribution in [2.24, 2.45) is 0 Å². The van der Waals surface area contributed by atoms with Gasteiger partial charge in [0, 0.05) is 12.1 Å². The Labute approximate surface area is 163 Å². The molecule has 0 saturated heterocycles. The summed E-state index contributed by atoms with van der Waals surface area (Å²) < 4.78 is 6.11. The molecule has 0 radical (unpaired) electrons. The van der Waals surface area contributed by atoms with Gasteiger partial charge in [0.25, 0.3) is 0 Å². The van der Waals surface area contributed by atoms with Gasteiger partial charge in [-0.25, -0.2) is 0 Å². The highest BCUT2D eigenvalue weighted by molar-refractivity contribution is 6.52. The highest BCUT2D eigenvalue weighted by atomic mass is 28.3. The summed E-state index contributed by atoms with van der Waals surface area (Å²) in [5.74, 6) is 0. The van der Waals surface area contributed by atoms with Gasteiger partial charge in [0.05, 0.1) is 19.4 Å². The SMILES string of the molecule is CCC(C)N([SiH2]C[SiH2]N(C(C)CC)C1CCCCC1)C1CCCCC1. The van der Waals surface area contributed by atoms with Gasteiger partial charge < -0.3 is 9.13 Å². The zero-order valence-electron chi connectivity index (χ0n) is 17.8. The lowest BCUT2D eigenvalue weighted by atomic mass is 9.95. The van der Waals surface area contributed by atoms with Crippen molar-refractivity contribution in [3.8, 4) is 0 Å². The summed E-state index contributed by atoms with van der Waals surface area (Å²) >= 11 is 0. The Hall–Kier alpha value is 0.354. The fourth-order valence-electron chi connectivity index (χ4n) is 5.26. The molecule has 2 saturated carbocycles. The van der Waals surface area contributed by atoms with Gasteiger partial charge in [0.2, 0.25) is 0 Å². The lowest BCUT2D eigenvalue weighted by Gasteiger charge is -2.41. The quantitative estimate of drug-likeness (QED) is 0.517. The third-order valence-electron chi connectivity index (χ3n) is 7.23. The zero-order valence-corrected chi connectivity index (χ0v) is 20.6. The van der Waals surface area contributed by atoms with Gasteiger partial charge in [-0.15, -0.1) is 0 Å². The molecule has 4 heteroatoms. The molecule has 0 aliphatic heterocycles. The monoisotopic (exact) mass is 382 g/mol. The molecular formula is C21H46N2Si2. The predicted octanol–water partition coefficient (Wildman–Crippen LogP) is 4.40. The Morgan fingerprint density at radius 1 is 0.680 bits per heavy atom. The molecule has 148 valence electrons. The molecule has 2 rings (SSSR count). The van der Waals surface area contributed by atoms with Gasteiger partial charge in [-0.05, 0) is 56.3 Å². The third-order valence-corrected chi connectivity index (χ3v) is 13.1. The van der Waals surface area contributed by atoms with Crippen LogP contribution in [0.4, 0.5) is 0 Å². The number of rotatable bonds is 10. The van der Waals surface area contributed by atoms with Crippen LogP contribution in [0.15, 0.2) is 0 Å². The first-order valence-electron chi connectivity index (χ1n) is 11.7. The highest BCUT2D eigenvalue weighted by Gasteiger charge is 2.27. The van der Waals surface area contributed by atoms with Crippen molar-refractivity contribution in [2.45, 2.75) is 135 Å². The van der Waals surface area contributed by atoms with E-state index in [0.717, 1.165) is 24.2 Å². The minimum atomic E-state index is -0.0426. The molecule has 0 N–H and O–H groups in total. The molecule has 2 nitrogen and oxygen atoms in total. The first-order valence-corrected chi connectivity index (χ1v) is 14.9. The second-order valence-corrected chi connectivity index (χ2v) is 14.1. The molecule has 0 heterocycles.